The Morgan fingerprint density at radius 3 is 2.96 bits per heavy atom. The lowest BCUT2D eigenvalue weighted by Crippen LogP contribution is -2.39. The minimum atomic E-state index is -0.322. The Kier molecular flexibility index (Phi) is 4.58. The summed E-state index contributed by atoms with van der Waals surface area (Å²) in [6.07, 6.45) is 0.643. The molecular formula is C19H20N4O2S. The van der Waals surface area contributed by atoms with E-state index in [4.69, 9.17) is 4.74 Å². The topological polar surface area (TPSA) is 75.3 Å². The van der Waals surface area contributed by atoms with Crippen molar-refractivity contribution in [1.29, 1.82) is 0 Å². The Morgan fingerprint density at radius 1 is 1.27 bits per heavy atom. The number of rotatable bonds is 4. The number of amides is 1. The highest BCUT2D eigenvalue weighted by Gasteiger charge is 2.31. The van der Waals surface area contributed by atoms with Crippen LogP contribution in [0, 0.1) is 6.92 Å². The number of carbonyl (C=O) groups is 1. The van der Waals surface area contributed by atoms with Crippen LogP contribution in [-0.4, -0.2) is 24.0 Å². The van der Waals surface area contributed by atoms with Gasteiger partial charge < -0.3 is 10.1 Å². The van der Waals surface area contributed by atoms with Crippen LogP contribution >= 0.6 is 11.3 Å². The van der Waals surface area contributed by atoms with E-state index in [0.29, 0.717) is 6.42 Å². The standard InChI is InChI=1S/C19H20N4O2S/c1-11-20-15-9-12(7-8-18(15)26-11)21-19(24)16-10-14(22-23-16)13-5-3-4-6-17(13)25-2/h3-9,14,16,22-23H,10H2,1-2H3,(H,21,24). The van der Waals surface area contributed by atoms with Crippen molar-refractivity contribution in [3.63, 3.8) is 0 Å². The van der Waals surface area contributed by atoms with Crippen molar-refractivity contribution in [2.75, 3.05) is 12.4 Å². The number of hydrazine groups is 1. The molecule has 3 aromatic rings. The fourth-order valence-corrected chi connectivity index (χ4v) is 4.04. The quantitative estimate of drug-likeness (QED) is 0.660. The van der Waals surface area contributed by atoms with Gasteiger partial charge in [-0.3, -0.25) is 4.79 Å². The SMILES string of the molecule is COc1ccccc1C1CC(C(=O)Nc2ccc3sc(C)nc3c2)NN1. The molecule has 2 unspecified atom stereocenters. The van der Waals surface area contributed by atoms with E-state index < -0.39 is 0 Å². The summed E-state index contributed by atoms with van der Waals surface area (Å²) in [6.45, 7) is 1.98. The smallest absolute Gasteiger partial charge is 0.242 e. The minimum absolute atomic E-state index is 0.0190. The van der Waals surface area contributed by atoms with E-state index in [-0.39, 0.29) is 18.0 Å². The highest BCUT2D eigenvalue weighted by atomic mass is 32.1. The van der Waals surface area contributed by atoms with Crippen molar-refractivity contribution in [3.05, 3.63) is 53.0 Å². The number of fused-ring (bicyclic) bond motifs is 1. The maximum atomic E-state index is 12.6. The van der Waals surface area contributed by atoms with Crippen LogP contribution in [0.4, 0.5) is 5.69 Å². The second-order valence-corrected chi connectivity index (χ2v) is 7.51. The molecule has 26 heavy (non-hydrogen) atoms. The van der Waals surface area contributed by atoms with E-state index in [2.05, 4.69) is 21.2 Å². The van der Waals surface area contributed by atoms with Crippen LogP contribution in [0.25, 0.3) is 10.2 Å². The Hall–Kier alpha value is -2.48. The number of thiazole rings is 1. The largest absolute Gasteiger partial charge is 0.496 e. The highest BCUT2D eigenvalue weighted by Crippen LogP contribution is 2.30. The summed E-state index contributed by atoms with van der Waals surface area (Å²) in [6, 6.07) is 13.4. The molecule has 7 heteroatoms. The maximum Gasteiger partial charge on any atom is 0.242 e. The first-order valence-corrected chi connectivity index (χ1v) is 9.28. The van der Waals surface area contributed by atoms with Gasteiger partial charge >= 0.3 is 0 Å². The molecule has 0 spiro atoms. The number of aryl methyl sites for hydroxylation is 1. The van der Waals surface area contributed by atoms with Crippen LogP contribution in [0.15, 0.2) is 42.5 Å². The Bertz CT molecular complexity index is 956. The number of nitrogens with one attached hydrogen (secondary N) is 3. The lowest BCUT2D eigenvalue weighted by molar-refractivity contribution is -0.117. The number of methoxy groups -OCH3 is 1. The number of nitrogens with zero attached hydrogens (tertiary/aromatic N) is 1. The predicted octanol–water partition coefficient (Wildman–Crippen LogP) is 3.16. The summed E-state index contributed by atoms with van der Waals surface area (Å²) >= 11 is 1.65. The van der Waals surface area contributed by atoms with Crippen LogP contribution in [0.5, 0.6) is 5.75 Å². The normalized spacial score (nSPS) is 19.6. The Balaban J connectivity index is 1.45. The van der Waals surface area contributed by atoms with Crippen molar-refractivity contribution in [2.45, 2.75) is 25.4 Å². The zero-order chi connectivity index (χ0) is 18.1. The van der Waals surface area contributed by atoms with Gasteiger partial charge in [-0.15, -0.1) is 11.3 Å². The monoisotopic (exact) mass is 368 g/mol. The molecule has 3 N–H and O–H groups in total. The van der Waals surface area contributed by atoms with Gasteiger partial charge in [0.15, 0.2) is 0 Å². The summed E-state index contributed by atoms with van der Waals surface area (Å²) in [5.41, 5.74) is 8.99. The van der Waals surface area contributed by atoms with Gasteiger partial charge in [-0.05, 0) is 37.6 Å². The van der Waals surface area contributed by atoms with Gasteiger partial charge in [0, 0.05) is 11.3 Å². The molecule has 4 rings (SSSR count). The van der Waals surface area contributed by atoms with Crippen molar-refractivity contribution >= 4 is 33.1 Å². The van der Waals surface area contributed by atoms with Gasteiger partial charge in [-0.25, -0.2) is 15.8 Å². The van der Waals surface area contributed by atoms with Crippen LogP contribution in [0.1, 0.15) is 23.0 Å². The molecule has 0 radical (unpaired) electrons. The van der Waals surface area contributed by atoms with Crippen LogP contribution < -0.4 is 20.9 Å². The van der Waals surface area contributed by atoms with E-state index in [0.717, 1.165) is 32.2 Å². The van der Waals surface area contributed by atoms with E-state index in [1.807, 2.05) is 49.4 Å². The zero-order valence-corrected chi connectivity index (χ0v) is 15.4. The predicted molar refractivity (Wildman–Crippen MR) is 103 cm³/mol. The van der Waals surface area contributed by atoms with E-state index >= 15 is 0 Å². The lowest BCUT2D eigenvalue weighted by atomic mass is 10.0. The molecule has 1 saturated heterocycles. The number of para-hydroxylation sites is 1. The molecular weight excluding hydrogens is 348 g/mol. The summed E-state index contributed by atoms with van der Waals surface area (Å²) < 4.78 is 6.54. The molecule has 0 saturated carbocycles. The molecule has 0 bridgehead atoms. The summed E-state index contributed by atoms with van der Waals surface area (Å²) in [5, 5.41) is 4.00. The highest BCUT2D eigenvalue weighted by molar-refractivity contribution is 7.18. The molecule has 2 atom stereocenters. The maximum absolute atomic E-state index is 12.6. The fourth-order valence-electron chi connectivity index (χ4n) is 3.24. The van der Waals surface area contributed by atoms with Crippen molar-refractivity contribution in [3.8, 4) is 5.75 Å². The summed E-state index contributed by atoms with van der Waals surface area (Å²) in [7, 11) is 1.65. The van der Waals surface area contributed by atoms with E-state index in [9.17, 15) is 4.79 Å². The number of hydrogen-bond donors (Lipinski definition) is 3. The molecule has 1 aromatic heterocycles. The zero-order valence-electron chi connectivity index (χ0n) is 14.6. The Morgan fingerprint density at radius 2 is 2.12 bits per heavy atom. The number of anilines is 1. The van der Waals surface area contributed by atoms with Gasteiger partial charge in [0.2, 0.25) is 5.91 Å². The first-order chi connectivity index (χ1) is 12.6. The first kappa shape index (κ1) is 17.0. The van der Waals surface area contributed by atoms with Gasteiger partial charge in [-0.2, -0.15) is 0 Å². The average molecular weight is 368 g/mol. The van der Waals surface area contributed by atoms with Crippen LogP contribution in [0.3, 0.4) is 0 Å². The third-order valence-corrected chi connectivity index (χ3v) is 5.45. The molecule has 0 aliphatic carbocycles. The summed E-state index contributed by atoms with van der Waals surface area (Å²) in [4.78, 5) is 17.1. The minimum Gasteiger partial charge on any atom is -0.496 e. The summed E-state index contributed by atoms with van der Waals surface area (Å²) in [5.74, 6) is 0.749. The van der Waals surface area contributed by atoms with Crippen LogP contribution in [0.2, 0.25) is 0 Å². The Labute approximate surface area is 155 Å². The number of carbonyl (C=O) groups excluding carboxylic acids is 1. The second kappa shape index (κ2) is 7.03. The first-order valence-electron chi connectivity index (χ1n) is 8.46. The number of benzene rings is 2. The number of ether oxygens (including phenoxy) is 1. The lowest BCUT2D eigenvalue weighted by Gasteiger charge is -2.14. The van der Waals surface area contributed by atoms with Crippen molar-refractivity contribution in [1.82, 2.24) is 15.8 Å². The van der Waals surface area contributed by atoms with Crippen molar-refractivity contribution in [2.24, 2.45) is 0 Å². The molecule has 2 heterocycles. The number of aromatic nitrogens is 1. The average Bonchev–Trinajstić information content (AvgIpc) is 3.27. The molecule has 6 nitrogen and oxygen atoms in total. The fraction of sp³-hybridized carbons (Fsp3) is 0.263. The number of hydrogen-bond acceptors (Lipinski definition) is 6. The van der Waals surface area contributed by atoms with Gasteiger partial charge in [0.05, 0.1) is 28.4 Å². The third kappa shape index (κ3) is 3.29. The molecule has 1 fully saturated rings. The molecule has 134 valence electrons. The molecule has 1 aliphatic rings. The van der Waals surface area contributed by atoms with E-state index in [1.165, 1.54) is 0 Å². The van der Waals surface area contributed by atoms with Gasteiger partial charge in [0.1, 0.15) is 11.8 Å². The van der Waals surface area contributed by atoms with Crippen LogP contribution in [-0.2, 0) is 4.79 Å². The van der Waals surface area contributed by atoms with E-state index in [1.54, 1.807) is 18.4 Å². The molecule has 2 aromatic carbocycles. The molecule has 1 aliphatic heterocycles. The van der Waals surface area contributed by atoms with Gasteiger partial charge in [0.25, 0.3) is 0 Å². The second-order valence-electron chi connectivity index (χ2n) is 6.28. The van der Waals surface area contributed by atoms with Crippen molar-refractivity contribution < 1.29 is 9.53 Å². The van der Waals surface area contributed by atoms with Gasteiger partial charge in [-0.1, -0.05) is 18.2 Å². The third-order valence-electron chi connectivity index (χ3n) is 4.50. The molecule has 1 amide bonds.